The molecule has 1 aromatic carbocycles. The number of pyridine rings is 1. The third-order valence-electron chi connectivity index (χ3n) is 6.19. The zero-order valence-electron chi connectivity index (χ0n) is 19.4. The van der Waals surface area contributed by atoms with Crippen LogP contribution in [0.5, 0.6) is 0 Å². The minimum Gasteiger partial charge on any atom is -0.339 e. The maximum Gasteiger partial charge on any atom is 0.140 e. The lowest BCUT2D eigenvalue weighted by atomic mass is 9.97. The molecular formula is C26H25ClN8. The van der Waals surface area contributed by atoms with Crippen molar-refractivity contribution in [1.29, 1.82) is 5.26 Å². The number of nitrogens with one attached hydrogen (secondary N) is 2. The Morgan fingerprint density at radius 2 is 2.00 bits per heavy atom. The number of hydrogen-bond donors (Lipinski definition) is 2. The van der Waals surface area contributed by atoms with E-state index in [4.69, 9.17) is 21.8 Å². The van der Waals surface area contributed by atoms with Gasteiger partial charge in [-0.15, -0.1) is 0 Å². The fourth-order valence-corrected chi connectivity index (χ4v) is 4.66. The van der Waals surface area contributed by atoms with Gasteiger partial charge in [-0.25, -0.2) is 15.0 Å². The Balaban J connectivity index is 1.39. The van der Waals surface area contributed by atoms with Gasteiger partial charge in [0.2, 0.25) is 0 Å². The minimum atomic E-state index is 0.179. The molecular weight excluding hydrogens is 460 g/mol. The first-order chi connectivity index (χ1) is 17.1. The van der Waals surface area contributed by atoms with Gasteiger partial charge in [0.15, 0.2) is 0 Å². The number of nitriles is 1. The maximum absolute atomic E-state index is 8.98. The van der Waals surface area contributed by atoms with Gasteiger partial charge < -0.3 is 5.32 Å². The van der Waals surface area contributed by atoms with Crippen molar-refractivity contribution in [3.63, 3.8) is 0 Å². The van der Waals surface area contributed by atoms with Crippen molar-refractivity contribution in [3.8, 4) is 17.3 Å². The fraction of sp³-hybridized carbons (Fsp3) is 0.269. The van der Waals surface area contributed by atoms with Crippen LogP contribution in [0.3, 0.4) is 0 Å². The van der Waals surface area contributed by atoms with E-state index in [1.807, 2.05) is 55.6 Å². The smallest absolute Gasteiger partial charge is 0.140 e. The molecule has 1 aliphatic rings. The second-order valence-corrected chi connectivity index (χ2v) is 9.09. The van der Waals surface area contributed by atoms with Crippen LogP contribution in [-0.2, 0) is 6.54 Å². The summed E-state index contributed by atoms with van der Waals surface area (Å²) < 4.78 is 0. The summed E-state index contributed by atoms with van der Waals surface area (Å²) in [5, 5.41) is 20.5. The van der Waals surface area contributed by atoms with Crippen molar-refractivity contribution < 1.29 is 0 Å². The quantitative estimate of drug-likeness (QED) is 0.368. The van der Waals surface area contributed by atoms with Crippen molar-refractivity contribution in [2.24, 2.45) is 0 Å². The Morgan fingerprint density at radius 1 is 1.14 bits per heavy atom. The van der Waals surface area contributed by atoms with E-state index >= 15 is 0 Å². The zero-order chi connectivity index (χ0) is 24.2. The number of H-pyrrole nitrogens is 1. The molecule has 0 saturated carbocycles. The van der Waals surface area contributed by atoms with E-state index in [1.165, 1.54) is 0 Å². The molecule has 2 N–H and O–H groups in total. The third-order valence-corrected chi connectivity index (χ3v) is 6.44. The SMILES string of the molecule is Cc1nc(Nc2ccc(C#N)nc2)cc([C@H]2CCCCN2Cc2cn[nH]c2-c2ccc(Cl)cc2)n1. The van der Waals surface area contributed by atoms with Crippen LogP contribution < -0.4 is 5.32 Å². The van der Waals surface area contributed by atoms with Crippen LogP contribution >= 0.6 is 11.6 Å². The van der Waals surface area contributed by atoms with Crippen LogP contribution in [0, 0.1) is 18.3 Å². The van der Waals surface area contributed by atoms with Crippen molar-refractivity contribution in [2.75, 3.05) is 11.9 Å². The van der Waals surface area contributed by atoms with Crippen molar-refractivity contribution in [2.45, 2.75) is 38.8 Å². The van der Waals surface area contributed by atoms with Crippen LogP contribution in [0.1, 0.15) is 48.1 Å². The lowest BCUT2D eigenvalue weighted by Gasteiger charge is -2.35. The van der Waals surface area contributed by atoms with Gasteiger partial charge in [-0.3, -0.25) is 10.00 Å². The summed E-state index contributed by atoms with van der Waals surface area (Å²) in [6, 6.07) is 15.6. The highest BCUT2D eigenvalue weighted by atomic mass is 35.5. The predicted octanol–water partition coefficient (Wildman–Crippen LogP) is 5.57. The Morgan fingerprint density at radius 3 is 2.77 bits per heavy atom. The maximum atomic E-state index is 8.98. The average molecular weight is 485 g/mol. The molecule has 0 radical (unpaired) electrons. The molecule has 4 heterocycles. The normalized spacial score (nSPS) is 16.1. The number of hydrogen-bond acceptors (Lipinski definition) is 7. The highest BCUT2D eigenvalue weighted by Gasteiger charge is 2.27. The number of aryl methyl sites for hydroxylation is 1. The highest BCUT2D eigenvalue weighted by molar-refractivity contribution is 6.30. The Labute approximate surface area is 209 Å². The van der Waals surface area contributed by atoms with Gasteiger partial charge in [0.1, 0.15) is 23.4 Å². The van der Waals surface area contributed by atoms with Gasteiger partial charge in [-0.1, -0.05) is 30.2 Å². The summed E-state index contributed by atoms with van der Waals surface area (Å²) >= 11 is 6.08. The monoisotopic (exact) mass is 484 g/mol. The van der Waals surface area contributed by atoms with Crippen LogP contribution in [0.2, 0.25) is 5.02 Å². The number of aromatic amines is 1. The summed E-state index contributed by atoms with van der Waals surface area (Å²) in [6.07, 6.45) is 6.88. The summed E-state index contributed by atoms with van der Waals surface area (Å²) in [4.78, 5) is 16.0. The molecule has 0 aliphatic carbocycles. The van der Waals surface area contributed by atoms with E-state index in [1.54, 1.807) is 12.3 Å². The lowest BCUT2D eigenvalue weighted by molar-refractivity contribution is 0.137. The van der Waals surface area contributed by atoms with Gasteiger partial charge >= 0.3 is 0 Å². The molecule has 5 rings (SSSR count). The van der Waals surface area contributed by atoms with Crippen LogP contribution in [0.15, 0.2) is 54.9 Å². The van der Waals surface area contributed by atoms with Gasteiger partial charge in [-0.2, -0.15) is 10.4 Å². The molecule has 0 unspecified atom stereocenters. The van der Waals surface area contributed by atoms with E-state index in [2.05, 4.69) is 30.4 Å². The van der Waals surface area contributed by atoms with Crippen molar-refractivity contribution in [3.05, 3.63) is 82.7 Å². The first kappa shape index (κ1) is 23.0. The molecule has 4 aromatic rings. The van der Waals surface area contributed by atoms with Crippen molar-refractivity contribution >= 4 is 23.1 Å². The molecule has 9 heteroatoms. The van der Waals surface area contributed by atoms with Crippen LogP contribution in [0.25, 0.3) is 11.3 Å². The molecule has 1 fully saturated rings. The molecule has 1 saturated heterocycles. The standard InChI is InChI=1S/C26H25ClN8/c1-17-31-23(12-25(32-17)33-22-10-9-21(13-28)29-15-22)24-4-2-3-11-35(24)16-19-14-30-34-26(19)18-5-7-20(27)8-6-18/h5-10,12,14-15,24H,2-4,11,16H2,1H3,(H,30,34)(H,31,32,33)/t24-/m1/s1. The number of anilines is 2. The molecule has 0 amide bonds. The highest BCUT2D eigenvalue weighted by Crippen LogP contribution is 2.34. The summed E-state index contributed by atoms with van der Waals surface area (Å²) in [7, 11) is 0. The number of aromatic nitrogens is 5. The van der Waals surface area contributed by atoms with Gasteiger partial charge in [0.05, 0.1) is 35.5 Å². The fourth-order valence-electron chi connectivity index (χ4n) is 4.54. The zero-order valence-corrected chi connectivity index (χ0v) is 20.1. The second-order valence-electron chi connectivity index (χ2n) is 8.65. The first-order valence-electron chi connectivity index (χ1n) is 11.6. The number of likely N-dealkylation sites (tertiary alicyclic amines) is 1. The van der Waals surface area contributed by atoms with Crippen LogP contribution in [-0.4, -0.2) is 36.6 Å². The summed E-state index contributed by atoms with van der Waals surface area (Å²) in [5.41, 5.74) is 5.38. The summed E-state index contributed by atoms with van der Waals surface area (Å²) in [5.74, 6) is 1.43. The number of benzene rings is 1. The Kier molecular flexibility index (Phi) is 6.70. The van der Waals surface area contributed by atoms with E-state index in [9.17, 15) is 0 Å². The van der Waals surface area contributed by atoms with E-state index in [0.29, 0.717) is 16.5 Å². The number of piperidine rings is 1. The average Bonchev–Trinajstić information content (AvgIpc) is 3.33. The predicted molar refractivity (Wildman–Crippen MR) is 135 cm³/mol. The van der Waals surface area contributed by atoms with Gasteiger partial charge in [0, 0.05) is 23.2 Å². The number of rotatable bonds is 6. The largest absolute Gasteiger partial charge is 0.339 e. The molecule has 176 valence electrons. The topological polar surface area (TPSA) is 106 Å². The second kappa shape index (κ2) is 10.2. The molecule has 3 aromatic heterocycles. The third kappa shape index (κ3) is 5.32. The lowest BCUT2D eigenvalue weighted by Crippen LogP contribution is -2.33. The molecule has 1 aliphatic heterocycles. The summed E-state index contributed by atoms with van der Waals surface area (Å²) in [6.45, 7) is 3.67. The Hall–Kier alpha value is -3.80. The molecule has 0 bridgehead atoms. The van der Waals surface area contributed by atoms with Crippen LogP contribution in [0.4, 0.5) is 11.5 Å². The molecule has 1 atom stereocenters. The molecule has 0 spiro atoms. The first-order valence-corrected chi connectivity index (χ1v) is 12.0. The number of halogens is 1. The van der Waals surface area contributed by atoms with E-state index in [-0.39, 0.29) is 6.04 Å². The van der Waals surface area contributed by atoms with Crippen molar-refractivity contribution in [1.82, 2.24) is 30.0 Å². The molecule has 35 heavy (non-hydrogen) atoms. The van der Waals surface area contributed by atoms with Gasteiger partial charge in [-0.05, 0) is 56.1 Å². The van der Waals surface area contributed by atoms with E-state index in [0.717, 1.165) is 66.4 Å². The van der Waals surface area contributed by atoms with E-state index < -0.39 is 0 Å². The minimum absolute atomic E-state index is 0.179. The Bertz CT molecular complexity index is 1340. The number of nitrogens with zero attached hydrogens (tertiary/aromatic N) is 6. The van der Waals surface area contributed by atoms with Gasteiger partial charge in [0.25, 0.3) is 0 Å². The molecule has 8 nitrogen and oxygen atoms in total.